The fourth-order valence-corrected chi connectivity index (χ4v) is 3.96. The van der Waals surface area contributed by atoms with E-state index in [9.17, 15) is 18.0 Å². The van der Waals surface area contributed by atoms with Gasteiger partial charge in [0.1, 0.15) is 0 Å². The topological polar surface area (TPSA) is 93.3 Å². The number of ether oxygens (including phenoxy) is 1. The normalized spacial score (nSPS) is 12.4. The van der Waals surface area contributed by atoms with Gasteiger partial charge in [0.15, 0.2) is 15.9 Å². The van der Waals surface area contributed by atoms with E-state index in [0.29, 0.717) is 11.1 Å². The van der Waals surface area contributed by atoms with E-state index in [1.807, 2.05) is 30.3 Å². The maximum absolute atomic E-state index is 13.4. The fourth-order valence-electron chi connectivity index (χ4n) is 3.33. The third-order valence-corrected chi connectivity index (χ3v) is 6.07. The van der Waals surface area contributed by atoms with Gasteiger partial charge in [0.25, 0.3) is 0 Å². The third kappa shape index (κ3) is 4.27. The summed E-state index contributed by atoms with van der Waals surface area (Å²) < 4.78 is 28.9. The number of rotatable bonds is 6. The van der Waals surface area contributed by atoms with E-state index in [0.717, 1.165) is 17.2 Å². The summed E-state index contributed by atoms with van der Waals surface area (Å²) in [6.07, 6.45) is 1.55. The Kier molecular flexibility index (Phi) is 5.44. The molecule has 7 heteroatoms. The molecule has 1 heterocycles. The minimum absolute atomic E-state index is 0.0959. The fraction of sp³-hybridized carbons (Fsp3) is 0.0833. The number of para-hydroxylation sites is 1. The van der Waals surface area contributed by atoms with Crippen molar-refractivity contribution in [2.45, 2.75) is 11.0 Å². The number of hydrogen-bond donors (Lipinski definition) is 1. The van der Waals surface area contributed by atoms with Gasteiger partial charge in [-0.3, -0.25) is 4.79 Å². The van der Waals surface area contributed by atoms with Crippen molar-refractivity contribution in [1.29, 1.82) is 0 Å². The lowest BCUT2D eigenvalue weighted by Gasteiger charge is -2.17. The molecule has 6 nitrogen and oxygen atoms in total. The molecule has 0 aliphatic rings. The predicted octanol–water partition coefficient (Wildman–Crippen LogP) is 4.35. The van der Waals surface area contributed by atoms with Crippen LogP contribution in [0.5, 0.6) is 0 Å². The Morgan fingerprint density at radius 2 is 1.52 bits per heavy atom. The minimum atomic E-state index is -3.38. The Morgan fingerprint density at radius 1 is 0.871 bits per heavy atom. The molecule has 0 saturated heterocycles. The number of ketones is 1. The molecule has 0 radical (unpaired) electrons. The number of Topliss-reactive ketones (excluding diaryl/α,β-unsaturated/α-hetero) is 1. The van der Waals surface area contributed by atoms with Crippen LogP contribution >= 0.6 is 0 Å². The highest BCUT2D eigenvalue weighted by atomic mass is 32.2. The Labute approximate surface area is 179 Å². The third-order valence-electron chi connectivity index (χ3n) is 4.94. The summed E-state index contributed by atoms with van der Waals surface area (Å²) in [5, 5.41) is 0.738. The van der Waals surface area contributed by atoms with Gasteiger partial charge in [-0.25, -0.2) is 13.2 Å². The zero-order valence-corrected chi connectivity index (χ0v) is 17.4. The number of aromatic amines is 1. The van der Waals surface area contributed by atoms with Crippen molar-refractivity contribution in [1.82, 2.24) is 4.98 Å². The molecule has 0 saturated carbocycles. The van der Waals surface area contributed by atoms with E-state index >= 15 is 0 Å². The molecule has 1 unspecified atom stereocenters. The Balaban J connectivity index is 1.68. The van der Waals surface area contributed by atoms with Crippen LogP contribution in [0.3, 0.4) is 0 Å². The lowest BCUT2D eigenvalue weighted by Crippen LogP contribution is -2.20. The molecule has 3 aromatic carbocycles. The van der Waals surface area contributed by atoms with Crippen molar-refractivity contribution >= 4 is 32.5 Å². The second kappa shape index (κ2) is 8.20. The minimum Gasteiger partial charge on any atom is -0.445 e. The standard InChI is InChI=1S/C24H19NO5S/c1-31(28,29)18-13-11-17(12-14-18)24(27)30-23(16-7-3-2-4-8-16)22(26)20-15-25-21-10-6-5-9-19(20)21/h2-15,23,25H,1H3. The summed E-state index contributed by atoms with van der Waals surface area (Å²) >= 11 is 0. The molecule has 1 aromatic heterocycles. The maximum atomic E-state index is 13.4. The van der Waals surface area contributed by atoms with E-state index in [1.54, 1.807) is 30.5 Å². The molecule has 0 amide bonds. The van der Waals surface area contributed by atoms with Crippen LogP contribution in [0.15, 0.2) is 90.0 Å². The van der Waals surface area contributed by atoms with Crippen molar-refractivity contribution in [3.63, 3.8) is 0 Å². The largest absolute Gasteiger partial charge is 0.445 e. The monoisotopic (exact) mass is 433 g/mol. The Hall–Kier alpha value is -3.71. The summed E-state index contributed by atoms with van der Waals surface area (Å²) in [6.45, 7) is 0. The molecule has 1 N–H and O–H groups in total. The molecule has 156 valence electrons. The van der Waals surface area contributed by atoms with Gasteiger partial charge >= 0.3 is 5.97 Å². The number of hydrogen-bond acceptors (Lipinski definition) is 5. The smallest absolute Gasteiger partial charge is 0.339 e. The molecule has 4 rings (SSSR count). The van der Waals surface area contributed by atoms with Crippen molar-refractivity contribution < 1.29 is 22.7 Å². The molecule has 0 aliphatic heterocycles. The number of sulfone groups is 1. The van der Waals surface area contributed by atoms with Gasteiger partial charge in [0, 0.05) is 34.5 Å². The van der Waals surface area contributed by atoms with Crippen molar-refractivity contribution in [3.8, 4) is 0 Å². The quantitative estimate of drug-likeness (QED) is 0.360. The van der Waals surface area contributed by atoms with E-state index in [2.05, 4.69) is 4.98 Å². The number of H-pyrrole nitrogens is 1. The average molecular weight is 433 g/mol. The highest BCUT2D eigenvalue weighted by molar-refractivity contribution is 7.90. The van der Waals surface area contributed by atoms with Crippen LogP contribution in [0.4, 0.5) is 0 Å². The number of benzene rings is 3. The molecule has 0 spiro atoms. The second-order valence-corrected chi connectivity index (χ2v) is 9.12. The number of esters is 1. The first-order valence-corrected chi connectivity index (χ1v) is 11.4. The van der Waals surface area contributed by atoms with Gasteiger partial charge in [-0.05, 0) is 30.3 Å². The number of aromatic nitrogens is 1. The number of carbonyl (C=O) groups excluding carboxylic acids is 2. The average Bonchev–Trinajstić information content (AvgIpc) is 3.21. The molecule has 0 bridgehead atoms. The van der Waals surface area contributed by atoms with Crippen LogP contribution < -0.4 is 0 Å². The van der Waals surface area contributed by atoms with E-state index in [4.69, 9.17) is 4.74 Å². The molecule has 0 aliphatic carbocycles. The SMILES string of the molecule is CS(=O)(=O)c1ccc(C(=O)OC(C(=O)c2c[nH]c3ccccc23)c2ccccc2)cc1. The van der Waals surface area contributed by atoms with Crippen LogP contribution in [0.25, 0.3) is 10.9 Å². The van der Waals surface area contributed by atoms with Gasteiger partial charge in [-0.15, -0.1) is 0 Å². The van der Waals surface area contributed by atoms with Crippen LogP contribution in [-0.4, -0.2) is 31.4 Å². The predicted molar refractivity (Wildman–Crippen MR) is 117 cm³/mol. The summed E-state index contributed by atoms with van der Waals surface area (Å²) in [6, 6.07) is 21.6. The first-order valence-electron chi connectivity index (χ1n) is 9.51. The molecule has 1 atom stereocenters. The summed E-state index contributed by atoms with van der Waals surface area (Å²) in [5.41, 5.74) is 1.92. The van der Waals surface area contributed by atoms with Gasteiger partial charge in [-0.2, -0.15) is 0 Å². The van der Waals surface area contributed by atoms with Gasteiger partial charge < -0.3 is 9.72 Å². The molecular weight excluding hydrogens is 414 g/mol. The van der Waals surface area contributed by atoms with Gasteiger partial charge in [0.2, 0.25) is 5.78 Å². The molecule has 4 aromatic rings. The van der Waals surface area contributed by atoms with Crippen molar-refractivity contribution in [2.75, 3.05) is 6.26 Å². The van der Waals surface area contributed by atoms with E-state index < -0.39 is 21.9 Å². The zero-order chi connectivity index (χ0) is 22.0. The highest BCUT2D eigenvalue weighted by Gasteiger charge is 2.28. The second-order valence-electron chi connectivity index (χ2n) is 7.10. The van der Waals surface area contributed by atoms with Crippen molar-refractivity contribution in [2.24, 2.45) is 0 Å². The first kappa shape index (κ1) is 20.6. The molecule has 31 heavy (non-hydrogen) atoms. The Morgan fingerprint density at radius 3 is 2.19 bits per heavy atom. The first-order chi connectivity index (χ1) is 14.8. The zero-order valence-electron chi connectivity index (χ0n) is 16.6. The number of nitrogens with one attached hydrogen (secondary N) is 1. The van der Waals surface area contributed by atoms with Crippen molar-refractivity contribution in [3.05, 3.63) is 102 Å². The van der Waals surface area contributed by atoms with Gasteiger partial charge in [0.05, 0.1) is 10.5 Å². The van der Waals surface area contributed by atoms with E-state index in [1.165, 1.54) is 24.3 Å². The summed E-state index contributed by atoms with van der Waals surface area (Å²) in [7, 11) is -3.38. The van der Waals surface area contributed by atoms with Crippen LogP contribution in [0.2, 0.25) is 0 Å². The number of fused-ring (bicyclic) bond motifs is 1. The molecule has 0 fully saturated rings. The lowest BCUT2D eigenvalue weighted by molar-refractivity contribution is 0.0280. The maximum Gasteiger partial charge on any atom is 0.339 e. The van der Waals surface area contributed by atoms with Crippen LogP contribution in [-0.2, 0) is 14.6 Å². The van der Waals surface area contributed by atoms with Crippen LogP contribution in [0.1, 0.15) is 32.4 Å². The Bertz CT molecular complexity index is 1360. The van der Waals surface area contributed by atoms with Gasteiger partial charge in [-0.1, -0.05) is 48.5 Å². The molecular formula is C24H19NO5S. The number of carbonyl (C=O) groups is 2. The van der Waals surface area contributed by atoms with Crippen LogP contribution in [0, 0.1) is 0 Å². The summed E-state index contributed by atoms with van der Waals surface area (Å²) in [5.74, 6) is -1.08. The highest BCUT2D eigenvalue weighted by Crippen LogP contribution is 2.28. The van der Waals surface area contributed by atoms with E-state index in [-0.39, 0.29) is 16.2 Å². The summed E-state index contributed by atoms with van der Waals surface area (Å²) in [4.78, 5) is 29.3. The lowest BCUT2D eigenvalue weighted by atomic mass is 9.99.